The number of hydrogen-bond acceptors (Lipinski definition) is 3. The van der Waals surface area contributed by atoms with Gasteiger partial charge in [0.1, 0.15) is 4.99 Å². The first-order chi connectivity index (χ1) is 8.97. The van der Waals surface area contributed by atoms with E-state index in [4.69, 9.17) is 18.0 Å². The lowest BCUT2D eigenvalue weighted by Gasteiger charge is -2.25. The summed E-state index contributed by atoms with van der Waals surface area (Å²) in [5, 5.41) is 0. The summed E-state index contributed by atoms with van der Waals surface area (Å²) in [5.41, 5.74) is 7.89. The van der Waals surface area contributed by atoms with Crippen LogP contribution in [0.25, 0.3) is 0 Å². The molecule has 2 N–H and O–H groups in total. The van der Waals surface area contributed by atoms with Crippen LogP contribution in [0.5, 0.6) is 0 Å². The van der Waals surface area contributed by atoms with Crippen molar-refractivity contribution in [1.82, 2.24) is 4.90 Å². The number of nitrogens with zero attached hydrogens (tertiary/aromatic N) is 2. The van der Waals surface area contributed by atoms with E-state index in [1.807, 2.05) is 12.1 Å². The Labute approximate surface area is 128 Å². The van der Waals surface area contributed by atoms with E-state index in [0.29, 0.717) is 4.99 Å². The minimum Gasteiger partial charge on any atom is -0.389 e. The molecule has 19 heavy (non-hydrogen) atoms. The fourth-order valence-corrected chi connectivity index (χ4v) is 3.22. The molecule has 1 saturated heterocycles. The second-order valence-corrected chi connectivity index (χ2v) is 6.68. The van der Waals surface area contributed by atoms with Crippen LogP contribution in [0.2, 0.25) is 0 Å². The topological polar surface area (TPSA) is 32.5 Å². The van der Waals surface area contributed by atoms with Crippen molar-refractivity contribution < 1.29 is 0 Å². The molecule has 1 aliphatic rings. The minimum absolute atomic E-state index is 0.451. The number of rotatable bonds is 4. The van der Waals surface area contributed by atoms with Crippen molar-refractivity contribution in [3.63, 3.8) is 0 Å². The van der Waals surface area contributed by atoms with Crippen molar-refractivity contribution in [2.24, 2.45) is 11.7 Å². The van der Waals surface area contributed by atoms with Gasteiger partial charge >= 0.3 is 0 Å². The van der Waals surface area contributed by atoms with E-state index >= 15 is 0 Å². The molecule has 0 bridgehead atoms. The lowest BCUT2D eigenvalue weighted by atomic mass is 10.1. The Morgan fingerprint density at radius 1 is 1.58 bits per heavy atom. The van der Waals surface area contributed by atoms with Crippen LogP contribution in [-0.2, 0) is 0 Å². The Morgan fingerprint density at radius 2 is 2.32 bits per heavy atom. The average Bonchev–Trinajstić information content (AvgIpc) is 2.74. The highest BCUT2D eigenvalue weighted by Crippen LogP contribution is 2.26. The highest BCUT2D eigenvalue weighted by molar-refractivity contribution is 9.10. The maximum absolute atomic E-state index is 5.83. The van der Waals surface area contributed by atoms with Crippen molar-refractivity contribution in [3.05, 3.63) is 28.2 Å². The van der Waals surface area contributed by atoms with Crippen LogP contribution in [-0.4, -0.2) is 43.6 Å². The van der Waals surface area contributed by atoms with E-state index in [-0.39, 0.29) is 0 Å². The van der Waals surface area contributed by atoms with Crippen molar-refractivity contribution >= 4 is 38.8 Å². The van der Waals surface area contributed by atoms with Gasteiger partial charge in [-0.1, -0.05) is 28.1 Å². The van der Waals surface area contributed by atoms with E-state index in [1.165, 1.54) is 19.5 Å². The van der Waals surface area contributed by atoms with Gasteiger partial charge in [-0.3, -0.25) is 0 Å². The van der Waals surface area contributed by atoms with E-state index in [9.17, 15) is 0 Å². The normalized spacial score (nSPS) is 19.6. The first-order valence-corrected chi connectivity index (χ1v) is 7.66. The molecule has 5 heteroatoms. The van der Waals surface area contributed by atoms with Gasteiger partial charge in [0.15, 0.2) is 0 Å². The van der Waals surface area contributed by atoms with Crippen molar-refractivity contribution in [3.8, 4) is 0 Å². The monoisotopic (exact) mass is 341 g/mol. The van der Waals surface area contributed by atoms with Crippen LogP contribution >= 0.6 is 28.1 Å². The number of nitrogens with two attached hydrogens (primary N) is 1. The highest BCUT2D eigenvalue weighted by atomic mass is 79.9. The van der Waals surface area contributed by atoms with Gasteiger partial charge in [-0.15, -0.1) is 0 Å². The molecule has 1 heterocycles. The molecule has 0 radical (unpaired) electrons. The Morgan fingerprint density at radius 3 is 2.89 bits per heavy atom. The number of hydrogen-bond donors (Lipinski definition) is 1. The standard InChI is InChI=1S/C14H20BrN3S/c1-17-6-5-10(8-17)9-18(2)13-4-3-11(15)7-12(13)14(16)19/h3-4,7,10H,5-6,8-9H2,1-2H3,(H2,16,19). The molecule has 0 spiro atoms. The lowest BCUT2D eigenvalue weighted by Crippen LogP contribution is -2.29. The zero-order valence-electron chi connectivity index (χ0n) is 11.4. The summed E-state index contributed by atoms with van der Waals surface area (Å²) < 4.78 is 1.01. The second-order valence-electron chi connectivity index (χ2n) is 5.32. The largest absolute Gasteiger partial charge is 0.389 e. The fourth-order valence-electron chi connectivity index (χ4n) is 2.70. The first kappa shape index (κ1) is 14.8. The molecular weight excluding hydrogens is 322 g/mol. The SMILES string of the molecule is CN1CCC(CN(C)c2ccc(Br)cc2C(N)=S)C1. The molecule has 1 aromatic carbocycles. The molecule has 1 fully saturated rings. The molecule has 3 nitrogen and oxygen atoms in total. The lowest BCUT2D eigenvalue weighted by molar-refractivity contribution is 0.396. The molecule has 2 rings (SSSR count). The number of anilines is 1. The summed E-state index contributed by atoms with van der Waals surface area (Å²) in [4.78, 5) is 5.10. The molecule has 1 unspecified atom stereocenters. The Kier molecular flexibility index (Phi) is 4.81. The van der Waals surface area contributed by atoms with E-state index in [0.717, 1.165) is 28.2 Å². The molecule has 1 atom stereocenters. The van der Waals surface area contributed by atoms with Gasteiger partial charge < -0.3 is 15.5 Å². The zero-order valence-corrected chi connectivity index (χ0v) is 13.8. The Hall–Kier alpha value is -0.650. The second kappa shape index (κ2) is 6.20. The van der Waals surface area contributed by atoms with Crippen LogP contribution in [0.1, 0.15) is 12.0 Å². The quantitative estimate of drug-likeness (QED) is 0.852. The third kappa shape index (κ3) is 3.68. The van der Waals surface area contributed by atoms with Crippen molar-refractivity contribution in [2.45, 2.75) is 6.42 Å². The third-order valence-corrected chi connectivity index (χ3v) is 4.37. The van der Waals surface area contributed by atoms with Crippen molar-refractivity contribution in [1.29, 1.82) is 0 Å². The highest BCUT2D eigenvalue weighted by Gasteiger charge is 2.22. The number of halogens is 1. The molecule has 1 aliphatic heterocycles. The number of benzene rings is 1. The molecule has 1 aromatic rings. The van der Waals surface area contributed by atoms with Gasteiger partial charge in [-0.2, -0.15) is 0 Å². The molecule has 0 saturated carbocycles. The van der Waals surface area contributed by atoms with Gasteiger partial charge in [0, 0.05) is 35.9 Å². The van der Waals surface area contributed by atoms with Gasteiger partial charge in [0.2, 0.25) is 0 Å². The van der Waals surface area contributed by atoms with Gasteiger partial charge in [-0.05, 0) is 44.1 Å². The van der Waals surface area contributed by atoms with Crippen LogP contribution in [0.3, 0.4) is 0 Å². The summed E-state index contributed by atoms with van der Waals surface area (Å²) in [6.45, 7) is 3.41. The molecule has 104 valence electrons. The molecular formula is C14H20BrN3S. The van der Waals surface area contributed by atoms with Crippen LogP contribution in [0.4, 0.5) is 5.69 Å². The summed E-state index contributed by atoms with van der Waals surface area (Å²) in [6.07, 6.45) is 1.26. The minimum atomic E-state index is 0.451. The van der Waals surface area contributed by atoms with E-state index < -0.39 is 0 Å². The van der Waals surface area contributed by atoms with Crippen molar-refractivity contribution in [2.75, 3.05) is 38.6 Å². The predicted octanol–water partition coefficient (Wildman–Crippen LogP) is 2.47. The van der Waals surface area contributed by atoms with Gasteiger partial charge in [0.05, 0.1) is 0 Å². The average molecular weight is 342 g/mol. The predicted molar refractivity (Wildman–Crippen MR) is 88.9 cm³/mol. The Bertz CT molecular complexity index is 478. The number of thiocarbonyl (C=S) groups is 1. The summed E-state index contributed by atoms with van der Waals surface area (Å²) in [5.74, 6) is 0.720. The van der Waals surface area contributed by atoms with Crippen LogP contribution < -0.4 is 10.6 Å². The van der Waals surface area contributed by atoms with E-state index in [2.05, 4.69) is 45.9 Å². The smallest absolute Gasteiger partial charge is 0.106 e. The Balaban J connectivity index is 2.14. The molecule has 0 aliphatic carbocycles. The van der Waals surface area contributed by atoms with Gasteiger partial charge in [0.25, 0.3) is 0 Å². The number of likely N-dealkylation sites (tertiary alicyclic amines) is 1. The van der Waals surface area contributed by atoms with Crippen LogP contribution in [0, 0.1) is 5.92 Å². The first-order valence-electron chi connectivity index (χ1n) is 6.46. The van der Waals surface area contributed by atoms with Gasteiger partial charge in [-0.25, -0.2) is 0 Å². The van der Waals surface area contributed by atoms with Crippen LogP contribution in [0.15, 0.2) is 22.7 Å². The fraction of sp³-hybridized carbons (Fsp3) is 0.500. The summed E-state index contributed by atoms with van der Waals surface area (Å²) in [7, 11) is 4.30. The third-order valence-electron chi connectivity index (χ3n) is 3.66. The maximum atomic E-state index is 5.83. The summed E-state index contributed by atoms with van der Waals surface area (Å²) in [6, 6.07) is 6.11. The maximum Gasteiger partial charge on any atom is 0.106 e. The summed E-state index contributed by atoms with van der Waals surface area (Å²) >= 11 is 8.62. The molecule has 0 amide bonds. The van der Waals surface area contributed by atoms with E-state index in [1.54, 1.807) is 0 Å². The molecule has 0 aromatic heterocycles. The zero-order chi connectivity index (χ0) is 14.0.